The second-order valence-corrected chi connectivity index (χ2v) is 4.95. The molecule has 96 valence electrons. The monoisotopic (exact) mass is 237 g/mol. The summed E-state index contributed by atoms with van der Waals surface area (Å²) in [4.78, 5) is 16.2. The highest BCUT2D eigenvalue weighted by Crippen LogP contribution is 2.18. The van der Waals surface area contributed by atoms with Gasteiger partial charge in [-0.05, 0) is 12.8 Å². The van der Waals surface area contributed by atoms with Crippen molar-refractivity contribution in [1.29, 1.82) is 0 Å². The van der Waals surface area contributed by atoms with E-state index < -0.39 is 0 Å². The van der Waals surface area contributed by atoms with Crippen LogP contribution >= 0.6 is 0 Å². The van der Waals surface area contributed by atoms with Crippen molar-refractivity contribution in [2.75, 3.05) is 39.3 Å². The molecule has 1 saturated carbocycles. The van der Waals surface area contributed by atoms with Crippen molar-refractivity contribution in [3.63, 3.8) is 0 Å². The van der Waals surface area contributed by atoms with Gasteiger partial charge in [-0.25, -0.2) is 0 Å². The maximum absolute atomic E-state index is 11.9. The van der Waals surface area contributed by atoms with Gasteiger partial charge < -0.3 is 10.2 Å². The SMILES string of the molecule is C=CCN1CCN(C(=O)CCNC2CC2)CC1. The first-order valence-corrected chi connectivity index (χ1v) is 6.64. The summed E-state index contributed by atoms with van der Waals surface area (Å²) in [6.07, 6.45) is 5.15. The van der Waals surface area contributed by atoms with Crippen LogP contribution in [0.5, 0.6) is 0 Å². The van der Waals surface area contributed by atoms with Gasteiger partial charge in [0.05, 0.1) is 0 Å². The second kappa shape index (κ2) is 6.17. The predicted molar refractivity (Wildman–Crippen MR) is 68.9 cm³/mol. The fourth-order valence-corrected chi connectivity index (χ4v) is 2.19. The van der Waals surface area contributed by atoms with Gasteiger partial charge in [-0.1, -0.05) is 6.08 Å². The molecule has 1 N–H and O–H groups in total. The van der Waals surface area contributed by atoms with E-state index in [0.29, 0.717) is 18.4 Å². The maximum Gasteiger partial charge on any atom is 0.223 e. The molecule has 0 aromatic carbocycles. The molecule has 2 rings (SSSR count). The topological polar surface area (TPSA) is 35.6 Å². The lowest BCUT2D eigenvalue weighted by atomic mass is 10.2. The molecule has 4 heteroatoms. The van der Waals surface area contributed by atoms with Crippen LogP contribution in [-0.2, 0) is 4.79 Å². The Kier molecular flexibility index (Phi) is 4.57. The van der Waals surface area contributed by atoms with Crippen molar-refractivity contribution in [2.24, 2.45) is 0 Å². The van der Waals surface area contributed by atoms with Gasteiger partial charge in [0.15, 0.2) is 0 Å². The largest absolute Gasteiger partial charge is 0.340 e. The fourth-order valence-electron chi connectivity index (χ4n) is 2.19. The van der Waals surface area contributed by atoms with Crippen LogP contribution in [0.25, 0.3) is 0 Å². The molecule has 2 aliphatic rings. The molecular weight excluding hydrogens is 214 g/mol. The van der Waals surface area contributed by atoms with Gasteiger partial charge in [-0.15, -0.1) is 6.58 Å². The lowest BCUT2D eigenvalue weighted by Gasteiger charge is -2.34. The summed E-state index contributed by atoms with van der Waals surface area (Å²) in [7, 11) is 0. The van der Waals surface area contributed by atoms with Gasteiger partial charge in [-0.2, -0.15) is 0 Å². The average molecular weight is 237 g/mol. The first-order chi connectivity index (χ1) is 8.29. The summed E-state index contributed by atoms with van der Waals surface area (Å²) in [5.74, 6) is 0.302. The van der Waals surface area contributed by atoms with Crippen molar-refractivity contribution < 1.29 is 4.79 Å². The lowest BCUT2D eigenvalue weighted by molar-refractivity contribution is -0.132. The van der Waals surface area contributed by atoms with Crippen LogP contribution in [0.2, 0.25) is 0 Å². The van der Waals surface area contributed by atoms with Gasteiger partial charge in [-0.3, -0.25) is 9.69 Å². The number of nitrogens with zero attached hydrogens (tertiary/aromatic N) is 2. The third-order valence-corrected chi connectivity index (χ3v) is 3.46. The zero-order chi connectivity index (χ0) is 12.1. The Hall–Kier alpha value is -0.870. The molecule has 0 bridgehead atoms. The number of rotatable bonds is 6. The highest BCUT2D eigenvalue weighted by atomic mass is 16.2. The summed E-state index contributed by atoms with van der Waals surface area (Å²) in [5, 5.41) is 3.38. The molecule has 1 aliphatic carbocycles. The number of hydrogen-bond acceptors (Lipinski definition) is 3. The van der Waals surface area contributed by atoms with Crippen molar-refractivity contribution in [3.05, 3.63) is 12.7 Å². The van der Waals surface area contributed by atoms with E-state index >= 15 is 0 Å². The molecule has 0 atom stereocenters. The Labute approximate surface area is 104 Å². The zero-order valence-electron chi connectivity index (χ0n) is 10.5. The summed E-state index contributed by atoms with van der Waals surface area (Å²) in [6.45, 7) is 9.22. The van der Waals surface area contributed by atoms with Crippen LogP contribution in [0.1, 0.15) is 19.3 Å². The van der Waals surface area contributed by atoms with E-state index in [2.05, 4.69) is 16.8 Å². The van der Waals surface area contributed by atoms with Crippen molar-refractivity contribution in [3.8, 4) is 0 Å². The van der Waals surface area contributed by atoms with E-state index in [9.17, 15) is 4.79 Å². The van der Waals surface area contributed by atoms with E-state index in [4.69, 9.17) is 0 Å². The molecule has 0 aromatic heterocycles. The highest BCUT2D eigenvalue weighted by molar-refractivity contribution is 5.76. The van der Waals surface area contributed by atoms with Crippen LogP contribution in [-0.4, -0.2) is 61.0 Å². The lowest BCUT2D eigenvalue weighted by Crippen LogP contribution is -2.49. The molecule has 0 aromatic rings. The quantitative estimate of drug-likeness (QED) is 0.682. The van der Waals surface area contributed by atoms with Crippen molar-refractivity contribution >= 4 is 5.91 Å². The molecule has 1 aliphatic heterocycles. The third kappa shape index (κ3) is 4.13. The Bertz CT molecular complexity index is 268. The standard InChI is InChI=1S/C13H23N3O/c1-2-7-15-8-10-16(11-9-15)13(17)5-6-14-12-3-4-12/h2,12,14H,1,3-11H2. The Balaban J connectivity index is 1.61. The van der Waals surface area contributed by atoms with Gasteiger partial charge in [0, 0.05) is 51.7 Å². The van der Waals surface area contributed by atoms with Gasteiger partial charge in [0.2, 0.25) is 5.91 Å². The molecule has 1 heterocycles. The van der Waals surface area contributed by atoms with Crippen LogP contribution in [0.4, 0.5) is 0 Å². The van der Waals surface area contributed by atoms with E-state index in [1.165, 1.54) is 12.8 Å². The minimum atomic E-state index is 0.302. The van der Waals surface area contributed by atoms with E-state index in [0.717, 1.165) is 39.3 Å². The first kappa shape index (κ1) is 12.6. The fraction of sp³-hybridized carbons (Fsp3) is 0.769. The summed E-state index contributed by atoms with van der Waals surface area (Å²) in [6, 6.07) is 0.701. The molecule has 1 saturated heterocycles. The van der Waals surface area contributed by atoms with Crippen LogP contribution in [0.3, 0.4) is 0 Å². The Morgan fingerprint density at radius 3 is 2.59 bits per heavy atom. The van der Waals surface area contributed by atoms with E-state index in [1.807, 2.05) is 11.0 Å². The Morgan fingerprint density at radius 2 is 2.00 bits per heavy atom. The zero-order valence-corrected chi connectivity index (χ0v) is 10.5. The number of amides is 1. The number of nitrogens with one attached hydrogen (secondary N) is 1. The molecule has 2 fully saturated rings. The summed E-state index contributed by atoms with van der Waals surface area (Å²) in [5.41, 5.74) is 0. The molecule has 0 spiro atoms. The molecule has 0 unspecified atom stereocenters. The van der Waals surface area contributed by atoms with Gasteiger partial charge in [0.1, 0.15) is 0 Å². The molecular formula is C13H23N3O. The van der Waals surface area contributed by atoms with Crippen LogP contribution in [0.15, 0.2) is 12.7 Å². The maximum atomic E-state index is 11.9. The smallest absolute Gasteiger partial charge is 0.223 e. The minimum Gasteiger partial charge on any atom is -0.340 e. The van der Waals surface area contributed by atoms with Gasteiger partial charge in [0.25, 0.3) is 0 Å². The highest BCUT2D eigenvalue weighted by Gasteiger charge is 2.22. The van der Waals surface area contributed by atoms with E-state index in [-0.39, 0.29) is 0 Å². The summed E-state index contributed by atoms with van der Waals surface area (Å²) >= 11 is 0. The predicted octanol–water partition coefficient (Wildman–Crippen LogP) is 0.459. The summed E-state index contributed by atoms with van der Waals surface area (Å²) < 4.78 is 0. The van der Waals surface area contributed by atoms with Gasteiger partial charge >= 0.3 is 0 Å². The van der Waals surface area contributed by atoms with Crippen molar-refractivity contribution in [2.45, 2.75) is 25.3 Å². The third-order valence-electron chi connectivity index (χ3n) is 3.46. The second-order valence-electron chi connectivity index (χ2n) is 4.95. The molecule has 4 nitrogen and oxygen atoms in total. The first-order valence-electron chi connectivity index (χ1n) is 6.64. The van der Waals surface area contributed by atoms with Crippen LogP contribution in [0, 0.1) is 0 Å². The van der Waals surface area contributed by atoms with E-state index in [1.54, 1.807) is 0 Å². The molecule has 17 heavy (non-hydrogen) atoms. The Morgan fingerprint density at radius 1 is 1.29 bits per heavy atom. The van der Waals surface area contributed by atoms with Crippen molar-refractivity contribution in [1.82, 2.24) is 15.1 Å². The number of hydrogen-bond donors (Lipinski definition) is 1. The molecule has 1 amide bonds. The number of piperazine rings is 1. The normalized spacial score (nSPS) is 21.5. The number of carbonyl (C=O) groups excluding carboxylic acids is 1. The van der Waals surface area contributed by atoms with Crippen LogP contribution < -0.4 is 5.32 Å². The molecule has 0 radical (unpaired) electrons. The average Bonchev–Trinajstić information content (AvgIpc) is 3.14. The number of carbonyl (C=O) groups is 1. The minimum absolute atomic E-state index is 0.302.